The van der Waals surface area contributed by atoms with Crippen molar-refractivity contribution < 1.29 is 0 Å². The van der Waals surface area contributed by atoms with Crippen molar-refractivity contribution in [3.63, 3.8) is 0 Å². The second-order valence-electron chi connectivity index (χ2n) is 5.73. The van der Waals surface area contributed by atoms with Gasteiger partial charge in [-0.15, -0.1) is 0 Å². The maximum Gasteiger partial charge on any atom is 0.113 e. The summed E-state index contributed by atoms with van der Waals surface area (Å²) in [5, 5.41) is 12.6. The monoisotopic (exact) mass is 281 g/mol. The summed E-state index contributed by atoms with van der Waals surface area (Å²) in [7, 11) is 2.01. The molecule has 1 aromatic heterocycles. The third-order valence-electron chi connectivity index (χ3n) is 4.13. The lowest BCUT2D eigenvalue weighted by atomic mass is 9.95. The molecule has 0 radical (unpaired) electrons. The van der Waals surface area contributed by atoms with Crippen molar-refractivity contribution in [2.75, 3.05) is 25.0 Å². The first-order valence-corrected chi connectivity index (χ1v) is 7.29. The van der Waals surface area contributed by atoms with Gasteiger partial charge in [0.25, 0.3) is 0 Å². The van der Waals surface area contributed by atoms with Crippen LogP contribution in [0.1, 0.15) is 18.9 Å². The van der Waals surface area contributed by atoms with Crippen LogP contribution in [0.4, 0.5) is 5.69 Å². The van der Waals surface area contributed by atoms with Gasteiger partial charge in [0.15, 0.2) is 0 Å². The molecule has 1 aliphatic heterocycles. The Labute approximate surface area is 124 Å². The zero-order chi connectivity index (χ0) is 14.8. The molecule has 21 heavy (non-hydrogen) atoms. The number of nitrogens with zero attached hydrogens (tertiary/aromatic N) is 4. The molecular weight excluding hydrogens is 262 g/mol. The van der Waals surface area contributed by atoms with E-state index in [0.717, 1.165) is 24.3 Å². The molecule has 2 heterocycles. The largest absolute Gasteiger partial charge is 0.368 e. The SMILES string of the molecule is CNC1CC(C)CN(c2ccc(C#N)c3nccnc23)C1. The maximum absolute atomic E-state index is 9.22. The second-order valence-corrected chi connectivity index (χ2v) is 5.73. The molecule has 108 valence electrons. The summed E-state index contributed by atoms with van der Waals surface area (Å²) >= 11 is 0. The number of anilines is 1. The van der Waals surface area contributed by atoms with E-state index >= 15 is 0 Å². The first-order chi connectivity index (χ1) is 10.2. The van der Waals surface area contributed by atoms with E-state index in [2.05, 4.69) is 33.2 Å². The summed E-state index contributed by atoms with van der Waals surface area (Å²) in [5.41, 5.74) is 3.17. The van der Waals surface area contributed by atoms with Crippen LogP contribution in [-0.2, 0) is 0 Å². The van der Waals surface area contributed by atoms with E-state index in [1.807, 2.05) is 19.2 Å². The Morgan fingerprint density at radius 3 is 2.71 bits per heavy atom. The molecule has 0 spiro atoms. The number of fused-ring (bicyclic) bond motifs is 1. The van der Waals surface area contributed by atoms with Crippen LogP contribution in [0, 0.1) is 17.2 Å². The highest BCUT2D eigenvalue weighted by molar-refractivity contribution is 5.92. The summed E-state index contributed by atoms with van der Waals surface area (Å²) in [6.45, 7) is 4.24. The molecule has 1 N–H and O–H groups in total. The van der Waals surface area contributed by atoms with Gasteiger partial charge in [0, 0.05) is 31.5 Å². The number of aromatic nitrogens is 2. The molecule has 5 nitrogen and oxygen atoms in total. The van der Waals surface area contributed by atoms with Crippen LogP contribution in [-0.4, -0.2) is 36.1 Å². The van der Waals surface area contributed by atoms with E-state index < -0.39 is 0 Å². The predicted octanol–water partition coefficient (Wildman–Crippen LogP) is 1.94. The maximum atomic E-state index is 9.22. The molecule has 0 bridgehead atoms. The third-order valence-corrected chi connectivity index (χ3v) is 4.13. The van der Waals surface area contributed by atoms with Gasteiger partial charge in [0.1, 0.15) is 17.1 Å². The second kappa shape index (κ2) is 5.66. The van der Waals surface area contributed by atoms with Crippen molar-refractivity contribution in [3.8, 4) is 6.07 Å². The Morgan fingerprint density at radius 1 is 1.24 bits per heavy atom. The minimum absolute atomic E-state index is 0.483. The zero-order valence-electron chi connectivity index (χ0n) is 12.4. The van der Waals surface area contributed by atoms with Crippen molar-refractivity contribution in [1.29, 1.82) is 5.26 Å². The van der Waals surface area contributed by atoms with Gasteiger partial charge in [-0.1, -0.05) is 6.92 Å². The molecule has 0 saturated carbocycles. The van der Waals surface area contributed by atoms with E-state index in [1.165, 1.54) is 6.42 Å². The fourth-order valence-corrected chi connectivity index (χ4v) is 3.15. The summed E-state index contributed by atoms with van der Waals surface area (Å²) < 4.78 is 0. The van der Waals surface area contributed by atoms with Gasteiger partial charge in [-0.05, 0) is 31.5 Å². The molecule has 2 atom stereocenters. The normalized spacial score (nSPS) is 22.2. The highest BCUT2D eigenvalue weighted by atomic mass is 15.2. The number of rotatable bonds is 2. The Hall–Kier alpha value is -2.19. The van der Waals surface area contributed by atoms with Crippen molar-refractivity contribution in [2.45, 2.75) is 19.4 Å². The van der Waals surface area contributed by atoms with Gasteiger partial charge in [-0.2, -0.15) is 5.26 Å². The number of piperidine rings is 1. The molecule has 1 aromatic carbocycles. The first-order valence-electron chi connectivity index (χ1n) is 7.29. The number of nitrogens with one attached hydrogen (secondary N) is 1. The molecule has 1 saturated heterocycles. The van der Waals surface area contributed by atoms with Crippen LogP contribution in [0.25, 0.3) is 11.0 Å². The van der Waals surface area contributed by atoms with Crippen LogP contribution in [0.2, 0.25) is 0 Å². The average Bonchev–Trinajstić information content (AvgIpc) is 2.53. The number of hydrogen-bond acceptors (Lipinski definition) is 5. The molecule has 2 aromatic rings. The minimum atomic E-state index is 0.483. The standard InChI is InChI=1S/C16H19N5/c1-11-7-13(18-2)10-21(9-11)14-4-3-12(8-17)15-16(14)20-6-5-19-15/h3-6,11,13,18H,7,9-10H2,1-2H3. The number of benzene rings is 1. The van der Waals surface area contributed by atoms with Gasteiger partial charge in [-0.3, -0.25) is 9.97 Å². The van der Waals surface area contributed by atoms with E-state index in [4.69, 9.17) is 0 Å². The van der Waals surface area contributed by atoms with Crippen molar-refractivity contribution in [1.82, 2.24) is 15.3 Å². The molecule has 0 aliphatic carbocycles. The van der Waals surface area contributed by atoms with Crippen molar-refractivity contribution in [2.24, 2.45) is 5.92 Å². The Morgan fingerprint density at radius 2 is 2.00 bits per heavy atom. The average molecular weight is 281 g/mol. The van der Waals surface area contributed by atoms with Gasteiger partial charge in [-0.25, -0.2) is 0 Å². The van der Waals surface area contributed by atoms with Gasteiger partial charge in [0.2, 0.25) is 0 Å². The minimum Gasteiger partial charge on any atom is -0.368 e. The summed E-state index contributed by atoms with van der Waals surface area (Å²) in [6.07, 6.45) is 4.52. The quantitative estimate of drug-likeness (QED) is 0.911. The van der Waals surface area contributed by atoms with E-state index in [9.17, 15) is 5.26 Å². The first kappa shape index (κ1) is 13.8. The number of hydrogen-bond donors (Lipinski definition) is 1. The van der Waals surface area contributed by atoms with Crippen LogP contribution < -0.4 is 10.2 Å². The lowest BCUT2D eigenvalue weighted by Crippen LogP contribution is -2.47. The topological polar surface area (TPSA) is 64.8 Å². The van der Waals surface area contributed by atoms with Crippen LogP contribution in [0.5, 0.6) is 0 Å². The fourth-order valence-electron chi connectivity index (χ4n) is 3.15. The molecule has 3 rings (SSSR count). The summed E-state index contributed by atoms with van der Waals surface area (Å²) in [5.74, 6) is 0.624. The van der Waals surface area contributed by atoms with Gasteiger partial charge < -0.3 is 10.2 Å². The molecule has 5 heteroatoms. The fraction of sp³-hybridized carbons (Fsp3) is 0.438. The Kier molecular flexibility index (Phi) is 3.72. The Bertz CT molecular complexity index is 691. The summed E-state index contributed by atoms with van der Waals surface area (Å²) in [6, 6.07) is 6.53. The number of likely N-dealkylation sites (N-methyl/N-ethyl adjacent to an activating group) is 1. The molecule has 1 aliphatic rings. The van der Waals surface area contributed by atoms with E-state index in [0.29, 0.717) is 23.0 Å². The van der Waals surface area contributed by atoms with Gasteiger partial charge >= 0.3 is 0 Å². The van der Waals surface area contributed by atoms with Crippen LogP contribution >= 0.6 is 0 Å². The molecule has 1 fully saturated rings. The van der Waals surface area contributed by atoms with Crippen LogP contribution in [0.15, 0.2) is 24.5 Å². The van der Waals surface area contributed by atoms with E-state index in [1.54, 1.807) is 12.4 Å². The van der Waals surface area contributed by atoms with Crippen molar-refractivity contribution >= 4 is 16.7 Å². The highest BCUT2D eigenvalue weighted by Crippen LogP contribution is 2.29. The Balaban J connectivity index is 2.07. The number of nitriles is 1. The van der Waals surface area contributed by atoms with E-state index in [-0.39, 0.29) is 0 Å². The predicted molar refractivity (Wildman–Crippen MR) is 83.1 cm³/mol. The highest BCUT2D eigenvalue weighted by Gasteiger charge is 2.25. The zero-order valence-corrected chi connectivity index (χ0v) is 12.4. The van der Waals surface area contributed by atoms with Crippen molar-refractivity contribution in [3.05, 3.63) is 30.1 Å². The van der Waals surface area contributed by atoms with Crippen LogP contribution in [0.3, 0.4) is 0 Å². The molecule has 2 unspecified atom stereocenters. The third kappa shape index (κ3) is 2.55. The lowest BCUT2D eigenvalue weighted by molar-refractivity contribution is 0.367. The molecular formula is C16H19N5. The lowest BCUT2D eigenvalue weighted by Gasteiger charge is -2.38. The van der Waals surface area contributed by atoms with Gasteiger partial charge in [0.05, 0.1) is 11.3 Å². The smallest absolute Gasteiger partial charge is 0.113 e. The molecule has 0 amide bonds. The summed E-state index contributed by atoms with van der Waals surface area (Å²) in [4.78, 5) is 11.2.